The van der Waals surface area contributed by atoms with Gasteiger partial charge in [0.25, 0.3) is 0 Å². The highest BCUT2D eigenvalue weighted by Gasteiger charge is 2.08. The normalized spacial score (nSPS) is 10.2. The third kappa shape index (κ3) is 3.79. The molecule has 3 nitrogen and oxygen atoms in total. The first kappa shape index (κ1) is 13.5. The Hall–Kier alpha value is -1.88. The lowest BCUT2D eigenvalue weighted by atomic mass is 10.1. The topological polar surface area (TPSA) is 55.1 Å². The molecule has 0 aliphatic heterocycles. The van der Waals surface area contributed by atoms with E-state index in [9.17, 15) is 9.18 Å². The number of amides is 1. The van der Waals surface area contributed by atoms with Crippen molar-refractivity contribution in [1.82, 2.24) is 0 Å². The molecule has 0 saturated heterocycles. The van der Waals surface area contributed by atoms with E-state index in [0.717, 1.165) is 5.56 Å². The van der Waals surface area contributed by atoms with Crippen molar-refractivity contribution in [2.75, 3.05) is 11.1 Å². The second-order valence-corrected chi connectivity index (χ2v) is 5.01. The molecule has 0 aliphatic rings. The molecule has 5 heteroatoms. The van der Waals surface area contributed by atoms with Crippen molar-refractivity contribution < 1.29 is 9.18 Å². The van der Waals surface area contributed by atoms with Crippen LogP contribution in [0.2, 0.25) is 0 Å². The van der Waals surface area contributed by atoms with Crippen LogP contribution in [0.4, 0.5) is 15.8 Å². The largest absolute Gasteiger partial charge is 0.399 e. The number of benzene rings is 2. The standard InChI is InChI=1S/C14H12BrFN2O/c15-10-4-5-13(12(16)8-10)18-14(19)7-9-2-1-3-11(17)6-9/h1-6,8H,7,17H2,(H,18,19). The third-order valence-electron chi connectivity index (χ3n) is 2.52. The molecule has 0 atom stereocenters. The van der Waals surface area contributed by atoms with Gasteiger partial charge in [-0.05, 0) is 35.9 Å². The van der Waals surface area contributed by atoms with Gasteiger partial charge in [-0.3, -0.25) is 4.79 Å². The Morgan fingerprint density at radius 1 is 1.26 bits per heavy atom. The van der Waals surface area contributed by atoms with Crippen molar-refractivity contribution >= 4 is 33.2 Å². The molecule has 0 aliphatic carbocycles. The molecule has 0 radical (unpaired) electrons. The number of halogens is 2. The van der Waals surface area contributed by atoms with Gasteiger partial charge in [0.15, 0.2) is 0 Å². The maximum absolute atomic E-state index is 13.5. The second-order valence-electron chi connectivity index (χ2n) is 4.09. The number of nitrogens with one attached hydrogen (secondary N) is 1. The van der Waals surface area contributed by atoms with Gasteiger partial charge in [0.05, 0.1) is 12.1 Å². The highest BCUT2D eigenvalue weighted by atomic mass is 79.9. The SMILES string of the molecule is Nc1cccc(CC(=O)Nc2ccc(Br)cc2F)c1. The lowest BCUT2D eigenvalue weighted by molar-refractivity contribution is -0.115. The van der Waals surface area contributed by atoms with Crippen molar-refractivity contribution in [2.45, 2.75) is 6.42 Å². The molecule has 0 heterocycles. The first-order valence-corrected chi connectivity index (χ1v) is 6.43. The lowest BCUT2D eigenvalue weighted by Gasteiger charge is -2.07. The molecule has 1 amide bonds. The van der Waals surface area contributed by atoms with Gasteiger partial charge in [0, 0.05) is 10.2 Å². The van der Waals surface area contributed by atoms with E-state index < -0.39 is 5.82 Å². The maximum atomic E-state index is 13.5. The molecule has 0 bridgehead atoms. The van der Waals surface area contributed by atoms with E-state index >= 15 is 0 Å². The van der Waals surface area contributed by atoms with Gasteiger partial charge in [0.2, 0.25) is 5.91 Å². The molecule has 2 rings (SSSR count). The summed E-state index contributed by atoms with van der Waals surface area (Å²) in [5.41, 5.74) is 7.18. The number of hydrogen-bond acceptors (Lipinski definition) is 2. The van der Waals surface area contributed by atoms with Crippen LogP contribution in [0.25, 0.3) is 0 Å². The smallest absolute Gasteiger partial charge is 0.228 e. The van der Waals surface area contributed by atoms with Crippen molar-refractivity contribution in [2.24, 2.45) is 0 Å². The van der Waals surface area contributed by atoms with Crippen LogP contribution in [0.1, 0.15) is 5.56 Å². The molecule has 98 valence electrons. The number of nitrogens with two attached hydrogens (primary N) is 1. The Labute approximate surface area is 118 Å². The molecular formula is C14H12BrFN2O. The van der Waals surface area contributed by atoms with E-state index in [4.69, 9.17) is 5.73 Å². The average Bonchev–Trinajstić information content (AvgIpc) is 2.33. The minimum atomic E-state index is -0.477. The van der Waals surface area contributed by atoms with E-state index in [1.165, 1.54) is 12.1 Å². The van der Waals surface area contributed by atoms with Crippen LogP contribution in [0.15, 0.2) is 46.9 Å². The Kier molecular flexibility index (Phi) is 4.16. The fourth-order valence-corrected chi connectivity index (χ4v) is 2.01. The Morgan fingerprint density at radius 3 is 2.74 bits per heavy atom. The third-order valence-corrected chi connectivity index (χ3v) is 3.01. The van der Waals surface area contributed by atoms with E-state index in [0.29, 0.717) is 10.2 Å². The van der Waals surface area contributed by atoms with Crippen molar-refractivity contribution in [3.8, 4) is 0 Å². The van der Waals surface area contributed by atoms with Crippen LogP contribution < -0.4 is 11.1 Å². The minimum Gasteiger partial charge on any atom is -0.399 e. The number of anilines is 2. The summed E-state index contributed by atoms with van der Waals surface area (Å²) in [6, 6.07) is 11.5. The maximum Gasteiger partial charge on any atom is 0.228 e. The van der Waals surface area contributed by atoms with E-state index in [1.54, 1.807) is 30.3 Å². The average molecular weight is 323 g/mol. The Bertz CT molecular complexity index is 616. The van der Waals surface area contributed by atoms with E-state index in [-0.39, 0.29) is 18.0 Å². The van der Waals surface area contributed by atoms with Gasteiger partial charge in [-0.15, -0.1) is 0 Å². The fraction of sp³-hybridized carbons (Fsp3) is 0.0714. The Balaban J connectivity index is 2.05. The summed E-state index contributed by atoms with van der Waals surface area (Å²) in [5, 5.41) is 2.53. The fourth-order valence-electron chi connectivity index (χ4n) is 1.67. The summed E-state index contributed by atoms with van der Waals surface area (Å²) in [7, 11) is 0. The molecule has 2 aromatic carbocycles. The monoisotopic (exact) mass is 322 g/mol. The molecule has 19 heavy (non-hydrogen) atoms. The number of rotatable bonds is 3. The molecular weight excluding hydrogens is 311 g/mol. The number of nitrogen functional groups attached to an aromatic ring is 1. The summed E-state index contributed by atoms with van der Waals surface area (Å²) in [6.45, 7) is 0. The van der Waals surface area contributed by atoms with Gasteiger partial charge in [-0.1, -0.05) is 28.1 Å². The zero-order valence-electron chi connectivity index (χ0n) is 9.99. The molecule has 0 fully saturated rings. The van der Waals surface area contributed by atoms with Crippen LogP contribution in [0.5, 0.6) is 0 Å². The molecule has 3 N–H and O–H groups in total. The van der Waals surface area contributed by atoms with Crippen molar-refractivity contribution in [3.05, 3.63) is 58.3 Å². The molecule has 0 spiro atoms. The molecule has 0 aromatic heterocycles. The van der Waals surface area contributed by atoms with Gasteiger partial charge in [-0.2, -0.15) is 0 Å². The van der Waals surface area contributed by atoms with Crippen LogP contribution in [0, 0.1) is 5.82 Å². The first-order valence-electron chi connectivity index (χ1n) is 5.64. The lowest BCUT2D eigenvalue weighted by Crippen LogP contribution is -2.15. The molecule has 2 aromatic rings. The van der Waals surface area contributed by atoms with Crippen LogP contribution in [0.3, 0.4) is 0 Å². The van der Waals surface area contributed by atoms with Crippen LogP contribution in [-0.2, 0) is 11.2 Å². The summed E-state index contributed by atoms with van der Waals surface area (Å²) < 4.78 is 14.2. The highest BCUT2D eigenvalue weighted by molar-refractivity contribution is 9.10. The van der Waals surface area contributed by atoms with Crippen molar-refractivity contribution in [1.29, 1.82) is 0 Å². The zero-order chi connectivity index (χ0) is 13.8. The van der Waals surface area contributed by atoms with Gasteiger partial charge >= 0.3 is 0 Å². The van der Waals surface area contributed by atoms with Crippen LogP contribution >= 0.6 is 15.9 Å². The highest BCUT2D eigenvalue weighted by Crippen LogP contribution is 2.19. The summed E-state index contributed by atoms with van der Waals surface area (Å²) in [5.74, 6) is -0.762. The van der Waals surface area contributed by atoms with Crippen LogP contribution in [-0.4, -0.2) is 5.91 Å². The summed E-state index contributed by atoms with van der Waals surface area (Å²) >= 11 is 3.16. The van der Waals surface area contributed by atoms with Gasteiger partial charge in [-0.25, -0.2) is 4.39 Å². The zero-order valence-corrected chi connectivity index (χ0v) is 11.6. The first-order chi connectivity index (χ1) is 9.04. The predicted molar refractivity (Wildman–Crippen MR) is 77.3 cm³/mol. The second kappa shape index (κ2) is 5.84. The molecule has 0 saturated carbocycles. The van der Waals surface area contributed by atoms with Crippen molar-refractivity contribution in [3.63, 3.8) is 0 Å². The van der Waals surface area contributed by atoms with Gasteiger partial charge < -0.3 is 11.1 Å². The van der Waals surface area contributed by atoms with Gasteiger partial charge in [0.1, 0.15) is 5.82 Å². The number of carbonyl (C=O) groups is 1. The Morgan fingerprint density at radius 2 is 2.05 bits per heavy atom. The summed E-state index contributed by atoms with van der Waals surface area (Å²) in [6.07, 6.45) is 0.153. The number of carbonyl (C=O) groups excluding carboxylic acids is 1. The minimum absolute atomic E-state index is 0.153. The summed E-state index contributed by atoms with van der Waals surface area (Å²) in [4.78, 5) is 11.8. The van der Waals surface area contributed by atoms with E-state index in [2.05, 4.69) is 21.2 Å². The van der Waals surface area contributed by atoms with E-state index in [1.807, 2.05) is 0 Å². The quantitative estimate of drug-likeness (QED) is 0.851. The number of hydrogen-bond donors (Lipinski definition) is 2. The molecule has 0 unspecified atom stereocenters. The predicted octanol–water partition coefficient (Wildman–Crippen LogP) is 3.35.